The van der Waals surface area contributed by atoms with E-state index >= 15 is 0 Å². The third-order valence-corrected chi connectivity index (χ3v) is 6.09. The molecule has 166 valence electrons. The van der Waals surface area contributed by atoms with Gasteiger partial charge in [-0.15, -0.1) is 0 Å². The van der Waals surface area contributed by atoms with Gasteiger partial charge in [0.1, 0.15) is 12.4 Å². The average molecular weight is 459 g/mol. The summed E-state index contributed by atoms with van der Waals surface area (Å²) in [6.45, 7) is 2.54. The predicted octanol–water partition coefficient (Wildman–Crippen LogP) is 5.51. The van der Waals surface area contributed by atoms with Crippen LogP contribution in [0, 0.1) is 6.92 Å². The summed E-state index contributed by atoms with van der Waals surface area (Å²) < 4.78 is 5.84. The van der Waals surface area contributed by atoms with E-state index in [4.69, 9.17) is 9.84 Å². The van der Waals surface area contributed by atoms with Crippen LogP contribution in [0.3, 0.4) is 0 Å². The summed E-state index contributed by atoms with van der Waals surface area (Å²) in [5.41, 5.74) is 3.81. The normalized spacial score (nSPS) is 15.9. The number of aromatic carboxylic acids is 1. The Morgan fingerprint density at radius 2 is 1.82 bits per heavy atom. The van der Waals surface area contributed by atoms with Gasteiger partial charge in [-0.3, -0.25) is 9.69 Å². The molecule has 1 saturated heterocycles. The molecule has 3 aromatic rings. The molecule has 6 nitrogen and oxygen atoms in total. The van der Waals surface area contributed by atoms with Crippen LogP contribution in [0.1, 0.15) is 27.0 Å². The van der Waals surface area contributed by atoms with Crippen molar-refractivity contribution < 1.29 is 19.4 Å². The lowest BCUT2D eigenvalue weighted by atomic mass is 10.1. The lowest BCUT2D eigenvalue weighted by Gasteiger charge is -2.07. The average Bonchev–Trinajstić information content (AvgIpc) is 3.07. The summed E-state index contributed by atoms with van der Waals surface area (Å²) in [7, 11) is 1.65. The standard InChI is InChI=1S/C26H22N2O4S/c1-17-6-8-19(9-7-17)16-32-22-12-10-18(11-13-22)14-23-24(29)28(2)26(33-23)27-21-5-3-4-20(15-21)25(30)31/h3-15H,16H2,1-2H3,(H,30,31)/b23-14-,27-26?. The highest BCUT2D eigenvalue weighted by molar-refractivity contribution is 8.18. The Labute approximate surface area is 196 Å². The van der Waals surface area contributed by atoms with Gasteiger partial charge in [-0.25, -0.2) is 9.79 Å². The number of carbonyl (C=O) groups excluding carboxylic acids is 1. The summed E-state index contributed by atoms with van der Waals surface area (Å²) in [6, 6.07) is 22.1. The quantitative estimate of drug-likeness (QED) is 0.493. The van der Waals surface area contributed by atoms with Gasteiger partial charge >= 0.3 is 5.97 Å². The van der Waals surface area contributed by atoms with E-state index in [0.29, 0.717) is 22.4 Å². The first-order valence-electron chi connectivity index (χ1n) is 10.3. The van der Waals surface area contributed by atoms with Crippen LogP contribution in [0.2, 0.25) is 0 Å². The van der Waals surface area contributed by atoms with Crippen LogP contribution < -0.4 is 4.74 Å². The van der Waals surface area contributed by atoms with E-state index in [1.807, 2.05) is 42.5 Å². The number of likely N-dealkylation sites (N-methyl/N-ethyl adjacent to an activating group) is 1. The number of ether oxygens (including phenoxy) is 1. The third kappa shape index (κ3) is 5.51. The summed E-state index contributed by atoms with van der Waals surface area (Å²) >= 11 is 1.25. The largest absolute Gasteiger partial charge is 0.489 e. The smallest absolute Gasteiger partial charge is 0.335 e. The summed E-state index contributed by atoms with van der Waals surface area (Å²) in [6.07, 6.45) is 1.81. The number of aryl methyl sites for hydroxylation is 1. The first-order valence-corrected chi connectivity index (χ1v) is 11.1. The number of aliphatic imine (C=N–C) groups is 1. The van der Waals surface area contributed by atoms with Gasteiger partial charge in [-0.1, -0.05) is 48.0 Å². The summed E-state index contributed by atoms with van der Waals surface area (Å²) in [5, 5.41) is 9.65. The van der Waals surface area contributed by atoms with Crippen LogP contribution in [0.15, 0.2) is 82.7 Å². The van der Waals surface area contributed by atoms with Gasteiger partial charge in [0.25, 0.3) is 5.91 Å². The molecule has 0 bridgehead atoms. The second-order valence-electron chi connectivity index (χ2n) is 7.57. The van der Waals surface area contributed by atoms with Crippen molar-refractivity contribution >= 4 is 40.6 Å². The molecule has 0 saturated carbocycles. The highest BCUT2D eigenvalue weighted by Gasteiger charge is 2.30. The number of carboxylic acid groups (broad SMARTS) is 1. The molecule has 1 aliphatic heterocycles. The Kier molecular flexibility index (Phi) is 6.60. The zero-order valence-corrected chi connectivity index (χ0v) is 19.0. The van der Waals surface area contributed by atoms with Gasteiger partial charge in [0, 0.05) is 7.05 Å². The molecule has 1 N–H and O–H groups in total. The van der Waals surface area contributed by atoms with Gasteiger partial charge in [0.15, 0.2) is 5.17 Å². The monoisotopic (exact) mass is 458 g/mol. The van der Waals surface area contributed by atoms with E-state index in [1.165, 1.54) is 34.4 Å². The number of amides is 1. The molecule has 1 heterocycles. The molecule has 33 heavy (non-hydrogen) atoms. The van der Waals surface area contributed by atoms with Crippen molar-refractivity contribution in [1.82, 2.24) is 4.90 Å². The highest BCUT2D eigenvalue weighted by Crippen LogP contribution is 2.33. The molecule has 0 unspecified atom stereocenters. The van der Waals surface area contributed by atoms with E-state index in [-0.39, 0.29) is 11.5 Å². The molecular formula is C26H22N2O4S. The lowest BCUT2D eigenvalue weighted by molar-refractivity contribution is -0.121. The Morgan fingerprint density at radius 1 is 1.09 bits per heavy atom. The van der Waals surface area contributed by atoms with Crippen molar-refractivity contribution in [2.24, 2.45) is 4.99 Å². The van der Waals surface area contributed by atoms with Crippen molar-refractivity contribution in [3.63, 3.8) is 0 Å². The first kappa shape index (κ1) is 22.4. The number of hydrogen-bond acceptors (Lipinski definition) is 5. The Morgan fingerprint density at radius 3 is 2.52 bits per heavy atom. The molecular weight excluding hydrogens is 436 g/mol. The van der Waals surface area contributed by atoms with Crippen molar-refractivity contribution in [3.8, 4) is 5.75 Å². The van der Waals surface area contributed by atoms with Crippen LogP contribution in [-0.2, 0) is 11.4 Å². The minimum Gasteiger partial charge on any atom is -0.489 e. The molecule has 0 aliphatic carbocycles. The van der Waals surface area contributed by atoms with Crippen LogP contribution in [0.5, 0.6) is 5.75 Å². The maximum Gasteiger partial charge on any atom is 0.335 e. The number of amidine groups is 1. The van der Waals surface area contributed by atoms with E-state index in [1.54, 1.807) is 19.2 Å². The first-order chi connectivity index (χ1) is 15.9. The van der Waals surface area contributed by atoms with Crippen LogP contribution in [0.25, 0.3) is 6.08 Å². The molecule has 0 spiro atoms. The summed E-state index contributed by atoms with van der Waals surface area (Å²) in [4.78, 5) is 30.3. The SMILES string of the molecule is Cc1ccc(COc2ccc(/C=C3\SC(=Nc4cccc(C(=O)O)c4)N(C)C3=O)cc2)cc1. The topological polar surface area (TPSA) is 79.2 Å². The maximum absolute atomic E-state index is 12.7. The van der Waals surface area contributed by atoms with Crippen molar-refractivity contribution in [2.45, 2.75) is 13.5 Å². The van der Waals surface area contributed by atoms with E-state index in [2.05, 4.69) is 24.0 Å². The van der Waals surface area contributed by atoms with Crippen molar-refractivity contribution in [3.05, 3.63) is 100.0 Å². The fraction of sp³-hybridized carbons (Fsp3) is 0.115. The third-order valence-electron chi connectivity index (χ3n) is 5.03. The molecule has 0 atom stereocenters. The van der Waals surface area contributed by atoms with Gasteiger partial charge in [-0.05, 0) is 66.2 Å². The number of nitrogens with zero attached hydrogens (tertiary/aromatic N) is 2. The number of carboxylic acids is 1. The number of thioether (sulfide) groups is 1. The number of benzene rings is 3. The highest BCUT2D eigenvalue weighted by atomic mass is 32.2. The maximum atomic E-state index is 12.7. The van der Waals surface area contributed by atoms with Crippen LogP contribution >= 0.6 is 11.8 Å². The van der Waals surface area contributed by atoms with Gasteiger partial charge < -0.3 is 9.84 Å². The van der Waals surface area contributed by atoms with E-state index in [0.717, 1.165) is 16.9 Å². The minimum absolute atomic E-state index is 0.147. The van der Waals surface area contributed by atoms with Crippen LogP contribution in [0.4, 0.5) is 5.69 Å². The van der Waals surface area contributed by atoms with Gasteiger partial charge in [0.2, 0.25) is 0 Å². The second kappa shape index (κ2) is 9.75. The van der Waals surface area contributed by atoms with Gasteiger partial charge in [0.05, 0.1) is 16.2 Å². The fourth-order valence-electron chi connectivity index (χ4n) is 3.13. The molecule has 0 radical (unpaired) electrons. The molecule has 3 aromatic carbocycles. The van der Waals surface area contributed by atoms with E-state index < -0.39 is 5.97 Å². The van der Waals surface area contributed by atoms with Crippen LogP contribution in [-0.4, -0.2) is 34.1 Å². The molecule has 1 aliphatic rings. The second-order valence-corrected chi connectivity index (χ2v) is 8.58. The molecule has 1 amide bonds. The molecule has 7 heteroatoms. The number of rotatable bonds is 6. The zero-order valence-electron chi connectivity index (χ0n) is 18.2. The zero-order chi connectivity index (χ0) is 23.4. The lowest BCUT2D eigenvalue weighted by Crippen LogP contribution is -2.23. The molecule has 1 fully saturated rings. The Bertz CT molecular complexity index is 1250. The summed E-state index contributed by atoms with van der Waals surface area (Å²) in [5.74, 6) is -0.430. The Hall–Kier alpha value is -3.84. The predicted molar refractivity (Wildman–Crippen MR) is 131 cm³/mol. The fourth-order valence-corrected chi connectivity index (χ4v) is 4.12. The molecule has 0 aromatic heterocycles. The number of carbonyl (C=O) groups is 2. The Balaban J connectivity index is 1.45. The van der Waals surface area contributed by atoms with Crippen molar-refractivity contribution in [1.29, 1.82) is 0 Å². The van der Waals surface area contributed by atoms with Gasteiger partial charge in [-0.2, -0.15) is 0 Å². The number of hydrogen-bond donors (Lipinski definition) is 1. The minimum atomic E-state index is -1.02. The molecule has 4 rings (SSSR count). The van der Waals surface area contributed by atoms with Crippen molar-refractivity contribution in [2.75, 3.05) is 7.05 Å². The van der Waals surface area contributed by atoms with E-state index in [9.17, 15) is 9.59 Å².